The molecule has 7 rings (SSSR count). The number of aliphatic hydroxyl groups is 2. The van der Waals surface area contributed by atoms with Crippen LogP contribution in [-0.4, -0.2) is 57.8 Å². The predicted molar refractivity (Wildman–Crippen MR) is 212 cm³/mol. The second-order valence-corrected chi connectivity index (χ2v) is 16.6. The lowest BCUT2D eigenvalue weighted by Gasteiger charge is -2.46. The summed E-state index contributed by atoms with van der Waals surface area (Å²) in [4.78, 5) is 31.3. The molecule has 3 aromatic carbocycles. The fraction of sp³-hybridized carbons (Fsp3) is 0.422. The molecule has 0 saturated heterocycles. The highest BCUT2D eigenvalue weighted by Crippen LogP contribution is 2.59. The van der Waals surface area contributed by atoms with E-state index in [4.69, 9.17) is 0 Å². The first kappa shape index (κ1) is 37.7. The van der Waals surface area contributed by atoms with Crippen LogP contribution >= 0.6 is 11.3 Å². The summed E-state index contributed by atoms with van der Waals surface area (Å²) in [6.07, 6.45) is 7.01. The Kier molecular flexibility index (Phi) is 11.8. The number of ketones is 1. The molecule has 1 fully saturated rings. The summed E-state index contributed by atoms with van der Waals surface area (Å²) >= 11 is 1.68. The lowest BCUT2D eigenvalue weighted by Crippen LogP contribution is -2.56. The third-order valence-electron chi connectivity index (χ3n) is 11.5. The lowest BCUT2D eigenvalue weighted by molar-refractivity contribution is -0.0769. The van der Waals surface area contributed by atoms with Gasteiger partial charge >= 0.3 is 6.03 Å². The molecular weight excluding hydrogens is 665 g/mol. The van der Waals surface area contributed by atoms with Gasteiger partial charge in [-0.25, -0.2) is 4.79 Å². The Morgan fingerprint density at radius 3 is 2.42 bits per heavy atom. The number of carbonyl (C=O) groups is 2. The minimum Gasteiger partial charge on any atom is -0.393 e. The first-order chi connectivity index (χ1) is 25.0. The van der Waals surface area contributed by atoms with Crippen LogP contribution in [0.25, 0.3) is 11.1 Å². The molecule has 0 aliphatic heterocycles. The maximum Gasteiger partial charge on any atom is 0.317 e. The molecule has 0 spiro atoms. The monoisotopic (exact) mass is 718 g/mol. The molecule has 3 aliphatic carbocycles. The van der Waals surface area contributed by atoms with E-state index in [-0.39, 0.29) is 30.3 Å². The second kappa shape index (κ2) is 16.3. The summed E-state index contributed by atoms with van der Waals surface area (Å²) in [5.41, 5.74) is 4.65. The Balaban J connectivity index is 1.39. The maximum absolute atomic E-state index is 14.6. The quantitative estimate of drug-likeness (QED) is 0.119. The number of benzene rings is 3. The van der Waals surface area contributed by atoms with Gasteiger partial charge in [0.1, 0.15) is 0 Å². The van der Waals surface area contributed by atoms with Crippen LogP contribution in [0.3, 0.4) is 0 Å². The summed E-state index contributed by atoms with van der Waals surface area (Å²) in [5, 5.41) is 29.1. The number of nitrogens with zero attached hydrogens (tertiary/aromatic N) is 1. The highest BCUT2D eigenvalue weighted by molar-refractivity contribution is 7.09. The lowest BCUT2D eigenvalue weighted by atomic mass is 9.64. The number of hydrogen-bond acceptors (Lipinski definition) is 5. The van der Waals surface area contributed by atoms with Crippen LogP contribution in [0, 0.1) is 5.41 Å². The number of carbonyl (C=O) groups excluding carboxylic acids is 2. The van der Waals surface area contributed by atoms with Crippen LogP contribution < -0.4 is 5.32 Å². The van der Waals surface area contributed by atoms with Crippen molar-refractivity contribution in [3.8, 4) is 11.1 Å². The van der Waals surface area contributed by atoms with Gasteiger partial charge in [0.15, 0.2) is 5.78 Å². The van der Waals surface area contributed by atoms with Gasteiger partial charge in [0.25, 0.3) is 0 Å². The summed E-state index contributed by atoms with van der Waals surface area (Å²) in [5.74, 6) is -0.177. The van der Waals surface area contributed by atoms with E-state index in [9.17, 15) is 19.8 Å². The molecule has 1 heterocycles. The predicted octanol–water partition coefficient (Wildman–Crippen LogP) is 9.35. The van der Waals surface area contributed by atoms with Crippen LogP contribution in [0.2, 0.25) is 0 Å². The number of nitrogens with one attached hydrogen (secondary N) is 1. The molecule has 4 atom stereocenters. The van der Waals surface area contributed by atoms with E-state index in [2.05, 4.69) is 61.0 Å². The van der Waals surface area contributed by atoms with Crippen molar-refractivity contribution in [2.75, 3.05) is 13.1 Å². The fourth-order valence-electron chi connectivity index (χ4n) is 8.40. The number of urea groups is 1. The van der Waals surface area contributed by atoms with Crippen molar-refractivity contribution in [3.05, 3.63) is 129 Å². The van der Waals surface area contributed by atoms with Crippen molar-refractivity contribution in [1.29, 1.82) is 0 Å². The Bertz CT molecular complexity index is 1850. The number of allylic oxidation sites excluding steroid dienone is 2. The molecule has 274 valence electrons. The highest BCUT2D eigenvalue weighted by atomic mass is 32.1. The molecule has 6 nitrogen and oxygen atoms in total. The van der Waals surface area contributed by atoms with Gasteiger partial charge in [0.2, 0.25) is 0 Å². The van der Waals surface area contributed by atoms with Gasteiger partial charge in [0.05, 0.1) is 18.2 Å². The van der Waals surface area contributed by atoms with Gasteiger partial charge in [-0.2, -0.15) is 0 Å². The van der Waals surface area contributed by atoms with Gasteiger partial charge in [-0.3, -0.25) is 4.79 Å². The smallest absolute Gasteiger partial charge is 0.317 e. The molecule has 3 N–H and O–H groups in total. The molecule has 0 unspecified atom stereocenters. The minimum absolute atomic E-state index is 0.0341. The first-order valence-corrected chi connectivity index (χ1v) is 19.8. The third kappa shape index (κ3) is 8.43. The minimum atomic E-state index is -1.19. The maximum atomic E-state index is 14.6. The number of thiophene rings is 1. The zero-order valence-corrected chi connectivity index (χ0v) is 31.9. The number of hydrogen-bond donors (Lipinski definition) is 3. The zero-order valence-electron chi connectivity index (χ0n) is 31.1. The first-order valence-electron chi connectivity index (χ1n) is 18.9. The Morgan fingerprint density at radius 1 is 0.962 bits per heavy atom. The number of aliphatic hydroxyl groups excluding tert-OH is 1. The Labute approximate surface area is 313 Å². The SMILES string of the molecule is CC1=CCC[C@@]2(C)[C@@H](CC[C@@]2(O)CN(CCc2cccs2)C(=O)NC(C)C)c2ccc(cc2C(=O)c2ccc(-c3ccccc3)cc2)C[C@@H](O)CC1. The topological polar surface area (TPSA) is 89.9 Å². The normalized spacial score (nSPS) is 23.5. The van der Waals surface area contributed by atoms with Crippen LogP contribution in [0.4, 0.5) is 4.79 Å². The Morgan fingerprint density at radius 2 is 1.71 bits per heavy atom. The van der Waals surface area contributed by atoms with Gasteiger partial charge in [-0.05, 0) is 118 Å². The largest absolute Gasteiger partial charge is 0.393 e. The standard InChI is InChI=1S/C45H54N2O4S/c1-31(2)46-43(50)47(26-23-38-13-9-27-52-38)30-45(51)25-22-41-39-21-15-33(28-37(48)20-14-32(3)10-8-24-44(41,45)4)29-40(39)42(49)36-18-16-35(17-19-36)34-11-6-5-7-12-34/h5-7,9-13,15-19,21,27,29,31,37,41,48,51H,8,14,20,22-26,28,30H2,1-4H3,(H,46,50)/t37-,41-,44-,45+/m0/s1. The van der Waals surface area contributed by atoms with E-state index in [1.807, 2.05) is 73.3 Å². The molecule has 0 radical (unpaired) electrons. The molecule has 4 aromatic rings. The van der Waals surface area contributed by atoms with Crippen molar-refractivity contribution in [2.45, 2.75) is 103 Å². The van der Waals surface area contributed by atoms with Crippen molar-refractivity contribution in [3.63, 3.8) is 0 Å². The summed E-state index contributed by atoms with van der Waals surface area (Å²) in [7, 11) is 0. The van der Waals surface area contributed by atoms with Crippen molar-refractivity contribution in [2.24, 2.45) is 5.41 Å². The molecule has 52 heavy (non-hydrogen) atoms. The van der Waals surface area contributed by atoms with Crippen molar-refractivity contribution in [1.82, 2.24) is 10.2 Å². The second-order valence-electron chi connectivity index (χ2n) is 15.6. The number of rotatable bonds is 9. The molecule has 2 bridgehead atoms. The summed E-state index contributed by atoms with van der Waals surface area (Å²) < 4.78 is 0. The van der Waals surface area contributed by atoms with E-state index in [0.717, 1.165) is 41.5 Å². The fourth-order valence-corrected chi connectivity index (χ4v) is 9.10. The molecule has 7 heteroatoms. The molecule has 2 amide bonds. The van der Waals surface area contributed by atoms with Gasteiger partial charge in [0, 0.05) is 34.0 Å². The van der Waals surface area contributed by atoms with Crippen LogP contribution in [-0.2, 0) is 12.8 Å². The van der Waals surface area contributed by atoms with Crippen LogP contribution in [0.5, 0.6) is 0 Å². The Hall–Kier alpha value is -4.04. The highest BCUT2D eigenvalue weighted by Gasteiger charge is 2.57. The van der Waals surface area contributed by atoms with Crippen LogP contribution in [0.15, 0.2) is 102 Å². The van der Waals surface area contributed by atoms with Crippen molar-refractivity contribution < 1.29 is 19.8 Å². The number of fused-ring (bicyclic) bond motifs is 8. The molecule has 3 aliphatic rings. The van der Waals surface area contributed by atoms with E-state index in [1.54, 1.807) is 11.3 Å². The molecule has 1 saturated carbocycles. The number of amides is 2. The van der Waals surface area contributed by atoms with Gasteiger partial charge in [-0.15, -0.1) is 11.3 Å². The van der Waals surface area contributed by atoms with E-state index in [0.29, 0.717) is 49.8 Å². The van der Waals surface area contributed by atoms with Crippen molar-refractivity contribution >= 4 is 23.2 Å². The summed E-state index contributed by atoms with van der Waals surface area (Å²) in [6.45, 7) is 8.93. The molecule has 1 aromatic heterocycles. The third-order valence-corrected chi connectivity index (χ3v) is 12.5. The van der Waals surface area contributed by atoms with E-state index >= 15 is 0 Å². The van der Waals surface area contributed by atoms with Gasteiger partial charge < -0.3 is 20.4 Å². The average molecular weight is 719 g/mol. The van der Waals surface area contributed by atoms with E-state index in [1.165, 1.54) is 10.5 Å². The van der Waals surface area contributed by atoms with Gasteiger partial charge in [-0.1, -0.05) is 91.4 Å². The summed E-state index contributed by atoms with van der Waals surface area (Å²) in [6, 6.07) is 28.0. The zero-order chi connectivity index (χ0) is 36.9. The van der Waals surface area contributed by atoms with Crippen LogP contribution in [0.1, 0.15) is 104 Å². The molecular formula is C45H54N2O4S. The average Bonchev–Trinajstić information content (AvgIpc) is 3.74. The van der Waals surface area contributed by atoms with E-state index < -0.39 is 17.1 Å².